The van der Waals surface area contributed by atoms with Gasteiger partial charge in [0.2, 0.25) is 0 Å². The highest BCUT2D eigenvalue weighted by atomic mass is 16.5. The third-order valence-corrected chi connectivity index (χ3v) is 5.61. The van der Waals surface area contributed by atoms with E-state index in [-0.39, 0.29) is 11.4 Å². The van der Waals surface area contributed by atoms with Gasteiger partial charge in [-0.3, -0.25) is 9.89 Å². The number of nitrogens with zero attached hydrogens (tertiary/aromatic N) is 3. The molecular formula is C26H31N5O2. The van der Waals surface area contributed by atoms with Crippen molar-refractivity contribution in [2.75, 3.05) is 13.1 Å². The van der Waals surface area contributed by atoms with Crippen LogP contribution in [-0.4, -0.2) is 39.6 Å². The van der Waals surface area contributed by atoms with Gasteiger partial charge in [-0.15, -0.1) is 0 Å². The maximum absolute atomic E-state index is 12.7. The largest absolute Gasteiger partial charge is 0.457 e. The van der Waals surface area contributed by atoms with Crippen LogP contribution in [0.2, 0.25) is 0 Å². The molecule has 172 valence electrons. The summed E-state index contributed by atoms with van der Waals surface area (Å²) in [6.45, 7) is 9.30. The molecule has 2 heterocycles. The Morgan fingerprint density at radius 2 is 1.85 bits per heavy atom. The number of likely N-dealkylation sites (tertiary alicyclic amines) is 1. The van der Waals surface area contributed by atoms with Gasteiger partial charge in [0.25, 0.3) is 5.91 Å². The van der Waals surface area contributed by atoms with E-state index >= 15 is 0 Å². The smallest absolute Gasteiger partial charge is 0.269 e. The maximum atomic E-state index is 12.7. The number of amides is 1. The molecule has 2 N–H and O–H groups in total. The van der Waals surface area contributed by atoms with E-state index in [1.54, 1.807) is 11.0 Å². The Hall–Kier alpha value is -3.79. The van der Waals surface area contributed by atoms with Gasteiger partial charge in [0.1, 0.15) is 17.2 Å². The molecule has 0 spiro atoms. The van der Waals surface area contributed by atoms with Crippen molar-refractivity contribution in [3.8, 4) is 28.9 Å². The number of hydrogen-bond acceptors (Lipinski definition) is 5. The molecule has 0 radical (unpaired) electrons. The summed E-state index contributed by atoms with van der Waals surface area (Å²) < 4.78 is 6.00. The lowest BCUT2D eigenvalue weighted by atomic mass is 10.1. The first-order valence-electron chi connectivity index (χ1n) is 11.5. The lowest BCUT2D eigenvalue weighted by molar-refractivity contribution is 0.0924. The van der Waals surface area contributed by atoms with Crippen molar-refractivity contribution < 1.29 is 9.53 Å². The summed E-state index contributed by atoms with van der Waals surface area (Å²) in [5.74, 6) is 1.55. The lowest BCUT2D eigenvalue weighted by Crippen LogP contribution is -2.41. The quantitative estimate of drug-likeness (QED) is 0.526. The second-order valence-corrected chi connectivity index (χ2v) is 7.57. The monoisotopic (exact) mass is 445 g/mol. The molecule has 7 heteroatoms. The number of nitriles is 1. The van der Waals surface area contributed by atoms with Crippen LogP contribution in [0.3, 0.4) is 0 Å². The van der Waals surface area contributed by atoms with E-state index in [9.17, 15) is 4.79 Å². The van der Waals surface area contributed by atoms with Crippen LogP contribution < -0.4 is 10.1 Å². The van der Waals surface area contributed by atoms with Gasteiger partial charge in [-0.25, -0.2) is 0 Å². The van der Waals surface area contributed by atoms with Crippen molar-refractivity contribution in [2.24, 2.45) is 5.92 Å². The molecule has 1 aliphatic carbocycles. The number of rotatable bonds is 5. The topological polar surface area (TPSA) is 94.0 Å². The standard InChI is InChI=1S/C22H19N5O2.2C2H6/c23-14-27-12-15-11-22(15,13-27)24-21(28)19-10-18(25-26-19)17-8-4-5-9-20(17)29-16-6-2-1-3-7-16;2*1-2/h1-10,15H,11-13H2,(H,24,28)(H,25,26);2*1-2H3. The number of piperidine rings is 1. The van der Waals surface area contributed by atoms with E-state index in [2.05, 4.69) is 21.7 Å². The van der Waals surface area contributed by atoms with Gasteiger partial charge >= 0.3 is 0 Å². The number of benzene rings is 2. The Kier molecular flexibility index (Phi) is 7.73. The first-order valence-corrected chi connectivity index (χ1v) is 11.5. The average Bonchev–Trinajstić information content (AvgIpc) is 3.20. The fourth-order valence-corrected chi connectivity index (χ4v) is 4.01. The molecule has 2 fully saturated rings. The van der Waals surface area contributed by atoms with Crippen molar-refractivity contribution in [1.82, 2.24) is 20.4 Å². The van der Waals surface area contributed by atoms with Crippen molar-refractivity contribution >= 4 is 5.91 Å². The van der Waals surface area contributed by atoms with Gasteiger partial charge in [0, 0.05) is 18.0 Å². The van der Waals surface area contributed by atoms with Crippen LogP contribution in [0.4, 0.5) is 0 Å². The number of aromatic nitrogens is 2. The van der Waals surface area contributed by atoms with Gasteiger partial charge < -0.3 is 15.0 Å². The minimum Gasteiger partial charge on any atom is -0.457 e. The minimum absolute atomic E-state index is 0.201. The first-order chi connectivity index (χ1) is 16.2. The molecule has 7 nitrogen and oxygen atoms in total. The highest BCUT2D eigenvalue weighted by Gasteiger charge is 2.61. The van der Waals surface area contributed by atoms with Gasteiger partial charge in [-0.2, -0.15) is 10.4 Å². The summed E-state index contributed by atoms with van der Waals surface area (Å²) in [4.78, 5) is 14.4. The summed E-state index contributed by atoms with van der Waals surface area (Å²) in [6.07, 6.45) is 3.08. The molecule has 2 aliphatic rings. The molecule has 2 aromatic carbocycles. The zero-order valence-electron chi connectivity index (χ0n) is 19.6. The van der Waals surface area contributed by atoms with E-state index in [1.165, 1.54) is 0 Å². The Balaban J connectivity index is 0.000000728. The molecular weight excluding hydrogens is 414 g/mol. The molecule has 1 saturated heterocycles. The van der Waals surface area contributed by atoms with Crippen LogP contribution in [0.1, 0.15) is 44.6 Å². The predicted molar refractivity (Wildman–Crippen MR) is 129 cm³/mol. The Labute approximate surface area is 195 Å². The van der Waals surface area contributed by atoms with Crippen LogP contribution >= 0.6 is 0 Å². The van der Waals surface area contributed by atoms with E-state index in [0.717, 1.165) is 24.3 Å². The second kappa shape index (κ2) is 10.7. The van der Waals surface area contributed by atoms with Crippen LogP contribution in [0.15, 0.2) is 60.7 Å². The van der Waals surface area contributed by atoms with Crippen LogP contribution in [-0.2, 0) is 0 Å². The number of carbonyl (C=O) groups is 1. The SMILES string of the molecule is CC.CC.N#CN1CC2CC2(NC(=O)c2cc(-c3ccccc3Oc3ccccc3)n[nH]2)C1. The zero-order valence-corrected chi connectivity index (χ0v) is 19.6. The van der Waals surface area contributed by atoms with Gasteiger partial charge in [-0.1, -0.05) is 58.0 Å². The first kappa shape index (κ1) is 23.9. The number of ether oxygens (including phenoxy) is 1. The summed E-state index contributed by atoms with van der Waals surface area (Å²) in [5.41, 5.74) is 1.55. The van der Waals surface area contributed by atoms with Crippen LogP contribution in [0, 0.1) is 17.4 Å². The number of fused-ring (bicyclic) bond motifs is 1. The Bertz CT molecular complexity index is 1110. The molecule has 2 unspecified atom stereocenters. The molecule has 0 bridgehead atoms. The molecule has 1 saturated carbocycles. The maximum Gasteiger partial charge on any atom is 0.269 e. The molecule has 3 aromatic rings. The molecule has 5 rings (SSSR count). The average molecular weight is 446 g/mol. The van der Waals surface area contributed by atoms with Crippen molar-refractivity contribution in [2.45, 2.75) is 39.7 Å². The second-order valence-electron chi connectivity index (χ2n) is 7.57. The van der Waals surface area contributed by atoms with Gasteiger partial charge in [0.05, 0.1) is 17.8 Å². The van der Waals surface area contributed by atoms with E-state index in [0.29, 0.717) is 29.6 Å². The number of hydrogen-bond donors (Lipinski definition) is 2. The Morgan fingerprint density at radius 3 is 2.55 bits per heavy atom. The highest BCUT2D eigenvalue weighted by molar-refractivity contribution is 5.94. The predicted octanol–water partition coefficient (Wildman–Crippen LogP) is 5.21. The van der Waals surface area contributed by atoms with E-state index < -0.39 is 0 Å². The lowest BCUT2D eigenvalue weighted by Gasteiger charge is -2.16. The fraction of sp³-hybridized carbons (Fsp3) is 0.346. The third-order valence-electron chi connectivity index (χ3n) is 5.61. The van der Waals surface area contributed by atoms with Gasteiger partial charge in [-0.05, 0) is 36.8 Å². The number of nitrogens with one attached hydrogen (secondary N) is 2. The molecule has 1 amide bonds. The third kappa shape index (κ3) is 5.17. The fourth-order valence-electron chi connectivity index (χ4n) is 4.01. The zero-order chi connectivity index (χ0) is 23.8. The van der Waals surface area contributed by atoms with E-state index in [1.807, 2.05) is 82.3 Å². The number of para-hydroxylation sites is 2. The summed E-state index contributed by atoms with van der Waals surface area (Å²) in [7, 11) is 0. The van der Waals surface area contributed by atoms with Crippen molar-refractivity contribution in [3.63, 3.8) is 0 Å². The van der Waals surface area contributed by atoms with Gasteiger partial charge in [0.15, 0.2) is 6.19 Å². The molecule has 1 aliphatic heterocycles. The molecule has 33 heavy (non-hydrogen) atoms. The minimum atomic E-state index is -0.271. The summed E-state index contributed by atoms with van der Waals surface area (Å²) in [6, 6.07) is 18.9. The number of H-pyrrole nitrogens is 1. The van der Waals surface area contributed by atoms with Crippen LogP contribution in [0.5, 0.6) is 11.5 Å². The van der Waals surface area contributed by atoms with Crippen molar-refractivity contribution in [1.29, 1.82) is 5.26 Å². The highest BCUT2D eigenvalue weighted by Crippen LogP contribution is 2.49. The summed E-state index contributed by atoms with van der Waals surface area (Å²) in [5, 5.41) is 19.3. The molecule has 2 atom stereocenters. The van der Waals surface area contributed by atoms with Crippen LogP contribution in [0.25, 0.3) is 11.3 Å². The van der Waals surface area contributed by atoms with Crippen molar-refractivity contribution in [3.05, 3.63) is 66.4 Å². The molecule has 1 aromatic heterocycles. The normalized spacial score (nSPS) is 19.6. The summed E-state index contributed by atoms with van der Waals surface area (Å²) >= 11 is 0. The Morgan fingerprint density at radius 1 is 1.15 bits per heavy atom. The number of aromatic amines is 1. The van der Waals surface area contributed by atoms with E-state index in [4.69, 9.17) is 10.00 Å². The number of carbonyl (C=O) groups excluding carboxylic acids is 1.